The van der Waals surface area contributed by atoms with Crippen LogP contribution in [0.15, 0.2) is 0 Å². The van der Waals surface area contributed by atoms with E-state index in [2.05, 4.69) is 10.6 Å². The Morgan fingerprint density at radius 3 is 2.69 bits per heavy atom. The first-order valence-corrected chi connectivity index (χ1v) is 5.81. The van der Waals surface area contributed by atoms with Crippen LogP contribution in [0.1, 0.15) is 20.3 Å². The molecule has 4 N–H and O–H groups in total. The molecule has 0 aromatic rings. The summed E-state index contributed by atoms with van der Waals surface area (Å²) in [6, 6.07) is 0. The lowest BCUT2D eigenvalue weighted by molar-refractivity contribution is -0.133. The van der Waals surface area contributed by atoms with Crippen LogP contribution in [0.3, 0.4) is 0 Å². The van der Waals surface area contributed by atoms with Crippen LogP contribution in [0.4, 0.5) is 0 Å². The zero-order valence-corrected chi connectivity index (χ0v) is 9.99. The molecule has 1 rings (SSSR count). The highest BCUT2D eigenvalue weighted by atomic mass is 16.3. The first kappa shape index (κ1) is 13.4. The fourth-order valence-corrected chi connectivity index (χ4v) is 2.11. The van der Waals surface area contributed by atoms with E-state index < -0.39 is 6.10 Å². The minimum absolute atomic E-state index is 0.0278. The molecular formula is C11H22N2O3. The standard InChI is InChI=1S/C11H22N2O3/c1-8(2)11(3-4-12-7-11)10(16)13-5-9(15)6-14/h8-9,12,14-15H,3-7H2,1-2H3,(H,13,16). The van der Waals surface area contributed by atoms with E-state index in [1.807, 2.05) is 13.8 Å². The molecule has 0 aliphatic carbocycles. The number of rotatable bonds is 5. The van der Waals surface area contributed by atoms with Crippen LogP contribution in [0.25, 0.3) is 0 Å². The Balaban J connectivity index is 2.55. The molecule has 5 heteroatoms. The third-order valence-corrected chi connectivity index (χ3v) is 3.45. The van der Waals surface area contributed by atoms with Gasteiger partial charge in [-0.2, -0.15) is 0 Å². The smallest absolute Gasteiger partial charge is 0.227 e. The molecule has 0 spiro atoms. The Bertz CT molecular complexity index is 237. The summed E-state index contributed by atoms with van der Waals surface area (Å²) >= 11 is 0. The van der Waals surface area contributed by atoms with Gasteiger partial charge in [-0.25, -0.2) is 0 Å². The van der Waals surface area contributed by atoms with E-state index in [0.29, 0.717) is 6.54 Å². The molecule has 1 heterocycles. The summed E-state index contributed by atoms with van der Waals surface area (Å²) < 4.78 is 0. The average Bonchev–Trinajstić information content (AvgIpc) is 2.75. The molecule has 94 valence electrons. The Morgan fingerprint density at radius 1 is 1.56 bits per heavy atom. The number of carbonyl (C=O) groups is 1. The van der Waals surface area contributed by atoms with Crippen molar-refractivity contribution in [2.24, 2.45) is 11.3 Å². The average molecular weight is 230 g/mol. The van der Waals surface area contributed by atoms with Crippen molar-refractivity contribution >= 4 is 5.91 Å². The zero-order chi connectivity index (χ0) is 12.2. The molecule has 2 atom stereocenters. The van der Waals surface area contributed by atoms with Gasteiger partial charge in [0.15, 0.2) is 0 Å². The lowest BCUT2D eigenvalue weighted by Gasteiger charge is -2.31. The van der Waals surface area contributed by atoms with Gasteiger partial charge in [0.05, 0.1) is 18.1 Å². The van der Waals surface area contributed by atoms with Crippen LogP contribution in [-0.2, 0) is 4.79 Å². The van der Waals surface area contributed by atoms with Crippen molar-refractivity contribution in [1.29, 1.82) is 0 Å². The summed E-state index contributed by atoms with van der Waals surface area (Å²) in [7, 11) is 0. The molecule has 0 aromatic carbocycles. The second-order valence-electron chi connectivity index (χ2n) is 4.78. The Hall–Kier alpha value is -0.650. The highest BCUT2D eigenvalue weighted by Crippen LogP contribution is 2.34. The van der Waals surface area contributed by atoms with Crippen LogP contribution in [0, 0.1) is 11.3 Å². The summed E-state index contributed by atoms with van der Waals surface area (Å²) in [6.45, 7) is 5.40. The van der Waals surface area contributed by atoms with Gasteiger partial charge in [0.2, 0.25) is 5.91 Å². The number of amides is 1. The predicted molar refractivity (Wildman–Crippen MR) is 60.9 cm³/mol. The van der Waals surface area contributed by atoms with Gasteiger partial charge in [-0.1, -0.05) is 13.8 Å². The second-order valence-corrected chi connectivity index (χ2v) is 4.78. The number of aliphatic hydroxyl groups is 2. The third-order valence-electron chi connectivity index (χ3n) is 3.45. The van der Waals surface area contributed by atoms with Gasteiger partial charge in [0.1, 0.15) is 0 Å². The van der Waals surface area contributed by atoms with E-state index in [9.17, 15) is 9.90 Å². The van der Waals surface area contributed by atoms with E-state index in [4.69, 9.17) is 5.11 Å². The Labute approximate surface area is 96.2 Å². The van der Waals surface area contributed by atoms with Gasteiger partial charge in [-0.3, -0.25) is 4.79 Å². The summed E-state index contributed by atoms with van der Waals surface area (Å²) in [5.74, 6) is 0.230. The number of hydrogen-bond donors (Lipinski definition) is 4. The van der Waals surface area contributed by atoms with E-state index in [1.54, 1.807) is 0 Å². The number of aliphatic hydroxyl groups excluding tert-OH is 2. The first-order chi connectivity index (χ1) is 7.53. The predicted octanol–water partition coefficient (Wildman–Crippen LogP) is -0.908. The second kappa shape index (κ2) is 5.61. The van der Waals surface area contributed by atoms with Crippen molar-refractivity contribution < 1.29 is 15.0 Å². The van der Waals surface area contributed by atoms with Gasteiger partial charge in [-0.05, 0) is 18.9 Å². The normalized spacial score (nSPS) is 27.1. The van der Waals surface area contributed by atoms with Gasteiger partial charge in [0.25, 0.3) is 0 Å². The highest BCUT2D eigenvalue weighted by Gasteiger charge is 2.43. The molecule has 0 radical (unpaired) electrons. The van der Waals surface area contributed by atoms with Gasteiger partial charge in [0, 0.05) is 13.1 Å². The molecule has 0 aromatic heterocycles. The molecule has 1 aliphatic heterocycles. The molecular weight excluding hydrogens is 208 g/mol. The van der Waals surface area contributed by atoms with Crippen LogP contribution in [0.5, 0.6) is 0 Å². The van der Waals surface area contributed by atoms with Crippen molar-refractivity contribution in [3.05, 3.63) is 0 Å². The zero-order valence-electron chi connectivity index (χ0n) is 9.99. The third kappa shape index (κ3) is 2.72. The van der Waals surface area contributed by atoms with Crippen molar-refractivity contribution in [2.45, 2.75) is 26.4 Å². The molecule has 2 unspecified atom stereocenters. The summed E-state index contributed by atoms with van der Waals surface area (Å²) in [6.07, 6.45) is -0.0475. The van der Waals surface area contributed by atoms with Crippen LogP contribution >= 0.6 is 0 Å². The highest BCUT2D eigenvalue weighted by molar-refractivity contribution is 5.83. The summed E-state index contributed by atoms with van der Waals surface area (Å²) in [4.78, 5) is 12.1. The fraction of sp³-hybridized carbons (Fsp3) is 0.909. The van der Waals surface area contributed by atoms with E-state index in [-0.39, 0.29) is 30.4 Å². The topological polar surface area (TPSA) is 81.6 Å². The summed E-state index contributed by atoms with van der Waals surface area (Å²) in [5.41, 5.74) is -0.366. The molecule has 1 amide bonds. The lowest BCUT2D eigenvalue weighted by atomic mass is 9.75. The van der Waals surface area contributed by atoms with Gasteiger partial charge in [-0.15, -0.1) is 0 Å². The molecule has 0 saturated carbocycles. The van der Waals surface area contributed by atoms with Gasteiger partial charge < -0.3 is 20.8 Å². The molecule has 1 fully saturated rings. The van der Waals surface area contributed by atoms with E-state index in [1.165, 1.54) is 0 Å². The van der Waals surface area contributed by atoms with Crippen LogP contribution in [-0.4, -0.2) is 48.5 Å². The minimum Gasteiger partial charge on any atom is -0.394 e. The maximum atomic E-state index is 12.1. The van der Waals surface area contributed by atoms with Crippen molar-refractivity contribution in [2.75, 3.05) is 26.2 Å². The quantitative estimate of drug-likeness (QED) is 0.493. The Kier molecular flexibility index (Phi) is 4.70. The maximum absolute atomic E-state index is 12.1. The summed E-state index contributed by atoms with van der Waals surface area (Å²) in [5, 5.41) is 23.8. The minimum atomic E-state index is -0.873. The first-order valence-electron chi connectivity index (χ1n) is 5.81. The van der Waals surface area contributed by atoms with Crippen molar-refractivity contribution in [3.8, 4) is 0 Å². The van der Waals surface area contributed by atoms with E-state index >= 15 is 0 Å². The fourth-order valence-electron chi connectivity index (χ4n) is 2.11. The van der Waals surface area contributed by atoms with Crippen molar-refractivity contribution in [3.63, 3.8) is 0 Å². The largest absolute Gasteiger partial charge is 0.394 e. The number of carbonyl (C=O) groups excluding carboxylic acids is 1. The molecule has 5 nitrogen and oxygen atoms in total. The number of hydrogen-bond acceptors (Lipinski definition) is 4. The molecule has 16 heavy (non-hydrogen) atoms. The lowest BCUT2D eigenvalue weighted by Crippen LogP contribution is -2.48. The molecule has 0 bridgehead atoms. The van der Waals surface area contributed by atoms with Crippen LogP contribution in [0.2, 0.25) is 0 Å². The molecule has 1 saturated heterocycles. The van der Waals surface area contributed by atoms with Crippen molar-refractivity contribution in [1.82, 2.24) is 10.6 Å². The SMILES string of the molecule is CC(C)C1(C(=O)NCC(O)CO)CCNC1. The molecule has 1 aliphatic rings. The Morgan fingerprint density at radius 2 is 2.25 bits per heavy atom. The van der Waals surface area contributed by atoms with E-state index in [0.717, 1.165) is 13.0 Å². The van der Waals surface area contributed by atoms with Crippen LogP contribution < -0.4 is 10.6 Å². The maximum Gasteiger partial charge on any atom is 0.227 e. The monoisotopic (exact) mass is 230 g/mol. The van der Waals surface area contributed by atoms with Gasteiger partial charge >= 0.3 is 0 Å². The number of nitrogens with one attached hydrogen (secondary N) is 2.